The minimum absolute atomic E-state index is 0.188. The predicted molar refractivity (Wildman–Crippen MR) is 61.0 cm³/mol. The molecular formula is C13H20O2. The standard InChI is InChI=1S/C13H20O2/c1-4-7-13(2,3)8-5-12(14)11-6-9-15-10-11/h6,9-10H,4-5,7-8H2,1-3H3. The van der Waals surface area contributed by atoms with Gasteiger partial charge in [0.05, 0.1) is 11.8 Å². The molecule has 1 aromatic heterocycles. The van der Waals surface area contributed by atoms with Crippen LogP contribution in [0.4, 0.5) is 0 Å². The first kappa shape index (κ1) is 12.0. The van der Waals surface area contributed by atoms with Crippen molar-refractivity contribution in [3.63, 3.8) is 0 Å². The fourth-order valence-corrected chi connectivity index (χ4v) is 1.82. The molecule has 2 heteroatoms. The highest BCUT2D eigenvalue weighted by Crippen LogP contribution is 2.28. The van der Waals surface area contributed by atoms with Crippen molar-refractivity contribution in [3.8, 4) is 0 Å². The average Bonchev–Trinajstić information content (AvgIpc) is 2.67. The molecule has 0 aliphatic rings. The summed E-state index contributed by atoms with van der Waals surface area (Å²) in [6.45, 7) is 6.62. The summed E-state index contributed by atoms with van der Waals surface area (Å²) in [6, 6.07) is 1.73. The van der Waals surface area contributed by atoms with Gasteiger partial charge >= 0.3 is 0 Å². The third-order valence-corrected chi connectivity index (χ3v) is 2.80. The lowest BCUT2D eigenvalue weighted by Crippen LogP contribution is -2.13. The molecule has 0 N–H and O–H groups in total. The van der Waals surface area contributed by atoms with E-state index in [1.165, 1.54) is 19.1 Å². The zero-order valence-corrected chi connectivity index (χ0v) is 9.88. The topological polar surface area (TPSA) is 30.2 Å². The van der Waals surface area contributed by atoms with Gasteiger partial charge in [0, 0.05) is 6.42 Å². The third-order valence-electron chi connectivity index (χ3n) is 2.80. The number of ketones is 1. The van der Waals surface area contributed by atoms with Crippen molar-refractivity contribution in [3.05, 3.63) is 24.2 Å². The van der Waals surface area contributed by atoms with Crippen molar-refractivity contribution in [2.45, 2.75) is 46.5 Å². The summed E-state index contributed by atoms with van der Waals surface area (Å²) in [7, 11) is 0. The van der Waals surface area contributed by atoms with E-state index in [0.29, 0.717) is 12.0 Å². The van der Waals surface area contributed by atoms with Crippen molar-refractivity contribution in [2.75, 3.05) is 0 Å². The lowest BCUT2D eigenvalue weighted by Gasteiger charge is -2.23. The molecule has 0 aliphatic heterocycles. The molecule has 0 saturated carbocycles. The zero-order valence-electron chi connectivity index (χ0n) is 9.88. The van der Waals surface area contributed by atoms with Crippen molar-refractivity contribution >= 4 is 5.78 Å². The molecule has 1 rings (SSSR count). The number of furan rings is 1. The fraction of sp³-hybridized carbons (Fsp3) is 0.615. The van der Waals surface area contributed by atoms with Gasteiger partial charge in [-0.1, -0.05) is 27.2 Å². The number of Topliss-reactive ketones (excluding diaryl/α,β-unsaturated/α-hetero) is 1. The van der Waals surface area contributed by atoms with Crippen LogP contribution in [0.5, 0.6) is 0 Å². The third kappa shape index (κ3) is 3.90. The number of carbonyl (C=O) groups is 1. The van der Waals surface area contributed by atoms with E-state index in [-0.39, 0.29) is 11.2 Å². The highest BCUT2D eigenvalue weighted by molar-refractivity contribution is 5.95. The highest BCUT2D eigenvalue weighted by Gasteiger charge is 2.18. The van der Waals surface area contributed by atoms with Crippen LogP contribution < -0.4 is 0 Å². The lowest BCUT2D eigenvalue weighted by atomic mass is 9.82. The number of hydrogen-bond acceptors (Lipinski definition) is 2. The smallest absolute Gasteiger partial charge is 0.166 e. The quantitative estimate of drug-likeness (QED) is 0.660. The van der Waals surface area contributed by atoms with Crippen molar-refractivity contribution < 1.29 is 9.21 Å². The Morgan fingerprint density at radius 2 is 2.13 bits per heavy atom. The van der Waals surface area contributed by atoms with Crippen LogP contribution in [-0.2, 0) is 0 Å². The Balaban J connectivity index is 2.40. The number of rotatable bonds is 6. The maximum Gasteiger partial charge on any atom is 0.166 e. The molecule has 0 radical (unpaired) electrons. The van der Waals surface area contributed by atoms with E-state index in [4.69, 9.17) is 4.42 Å². The Labute approximate surface area is 91.7 Å². The van der Waals surface area contributed by atoms with Gasteiger partial charge in [-0.05, 0) is 24.3 Å². The van der Waals surface area contributed by atoms with Gasteiger partial charge in [0.25, 0.3) is 0 Å². The van der Waals surface area contributed by atoms with Crippen molar-refractivity contribution in [1.82, 2.24) is 0 Å². The minimum atomic E-state index is 0.188. The molecule has 0 aliphatic carbocycles. The first-order valence-electron chi connectivity index (χ1n) is 5.60. The van der Waals surface area contributed by atoms with E-state index in [1.807, 2.05) is 0 Å². The molecule has 0 bridgehead atoms. The zero-order chi connectivity index (χ0) is 11.3. The van der Waals surface area contributed by atoms with Gasteiger partial charge in [-0.25, -0.2) is 0 Å². The second-order valence-electron chi connectivity index (χ2n) is 4.85. The first-order valence-corrected chi connectivity index (χ1v) is 5.60. The summed E-state index contributed by atoms with van der Waals surface area (Å²) in [6.07, 6.45) is 6.98. The predicted octanol–water partition coefficient (Wildman–Crippen LogP) is 4.07. The van der Waals surface area contributed by atoms with Gasteiger partial charge in [-0.2, -0.15) is 0 Å². The first-order chi connectivity index (χ1) is 7.05. The molecule has 15 heavy (non-hydrogen) atoms. The van der Waals surface area contributed by atoms with Crippen LogP contribution >= 0.6 is 0 Å². The van der Waals surface area contributed by atoms with E-state index in [9.17, 15) is 4.79 Å². The molecule has 0 saturated heterocycles. The van der Waals surface area contributed by atoms with E-state index in [2.05, 4.69) is 20.8 Å². The molecule has 0 fully saturated rings. The molecule has 0 aromatic carbocycles. The Kier molecular flexibility index (Phi) is 4.13. The van der Waals surface area contributed by atoms with Gasteiger partial charge in [0.2, 0.25) is 0 Å². The molecule has 0 unspecified atom stereocenters. The van der Waals surface area contributed by atoms with Crippen molar-refractivity contribution in [1.29, 1.82) is 0 Å². The maximum atomic E-state index is 11.7. The average molecular weight is 208 g/mol. The summed E-state index contributed by atoms with van der Waals surface area (Å²) < 4.78 is 4.89. The maximum absolute atomic E-state index is 11.7. The van der Waals surface area contributed by atoms with Gasteiger partial charge in [-0.15, -0.1) is 0 Å². The van der Waals surface area contributed by atoms with Crippen LogP contribution in [0, 0.1) is 5.41 Å². The highest BCUT2D eigenvalue weighted by atomic mass is 16.3. The summed E-state index contributed by atoms with van der Waals surface area (Å²) in [5.74, 6) is 0.188. The molecule has 0 amide bonds. The molecule has 0 spiro atoms. The van der Waals surface area contributed by atoms with Crippen LogP contribution in [0.15, 0.2) is 23.0 Å². The van der Waals surface area contributed by atoms with Crippen molar-refractivity contribution in [2.24, 2.45) is 5.41 Å². The van der Waals surface area contributed by atoms with E-state index in [1.54, 1.807) is 12.3 Å². The lowest BCUT2D eigenvalue weighted by molar-refractivity contribution is 0.0960. The SMILES string of the molecule is CCCC(C)(C)CCC(=O)c1ccoc1. The normalized spacial score (nSPS) is 11.7. The van der Waals surface area contributed by atoms with Gasteiger partial charge in [-0.3, -0.25) is 4.79 Å². The Morgan fingerprint density at radius 3 is 2.67 bits per heavy atom. The summed E-state index contributed by atoms with van der Waals surface area (Å²) >= 11 is 0. The van der Waals surface area contributed by atoms with Crippen LogP contribution in [0.2, 0.25) is 0 Å². The molecule has 1 aromatic rings. The molecule has 84 valence electrons. The van der Waals surface area contributed by atoms with Crippen LogP contribution in [0.25, 0.3) is 0 Å². The summed E-state index contributed by atoms with van der Waals surface area (Å²) in [4.78, 5) is 11.7. The molecule has 1 heterocycles. The van der Waals surface area contributed by atoms with Gasteiger partial charge < -0.3 is 4.42 Å². The summed E-state index contributed by atoms with van der Waals surface area (Å²) in [5.41, 5.74) is 0.969. The Hall–Kier alpha value is -1.05. The molecule has 0 atom stereocenters. The molecular weight excluding hydrogens is 188 g/mol. The number of hydrogen-bond donors (Lipinski definition) is 0. The van der Waals surface area contributed by atoms with Crippen LogP contribution in [0.3, 0.4) is 0 Å². The summed E-state index contributed by atoms with van der Waals surface area (Å²) in [5, 5.41) is 0. The van der Waals surface area contributed by atoms with Gasteiger partial charge in [0.1, 0.15) is 6.26 Å². The van der Waals surface area contributed by atoms with E-state index < -0.39 is 0 Å². The largest absolute Gasteiger partial charge is 0.472 e. The van der Waals surface area contributed by atoms with Crippen LogP contribution in [-0.4, -0.2) is 5.78 Å². The second-order valence-corrected chi connectivity index (χ2v) is 4.85. The van der Waals surface area contributed by atoms with Gasteiger partial charge in [0.15, 0.2) is 5.78 Å². The van der Waals surface area contributed by atoms with Crippen LogP contribution in [0.1, 0.15) is 56.8 Å². The Morgan fingerprint density at radius 1 is 1.40 bits per heavy atom. The minimum Gasteiger partial charge on any atom is -0.472 e. The second kappa shape index (κ2) is 5.15. The molecule has 2 nitrogen and oxygen atoms in total. The number of carbonyl (C=O) groups excluding carboxylic acids is 1. The van der Waals surface area contributed by atoms with E-state index >= 15 is 0 Å². The fourth-order valence-electron chi connectivity index (χ4n) is 1.82. The Bertz CT molecular complexity index is 296. The monoisotopic (exact) mass is 208 g/mol. The van der Waals surface area contributed by atoms with E-state index in [0.717, 1.165) is 6.42 Å².